The van der Waals surface area contributed by atoms with Crippen LogP contribution in [0.25, 0.3) is 58.8 Å². The first-order valence-corrected chi connectivity index (χ1v) is 17.7. The zero-order chi connectivity index (χ0) is 31.5. The Morgan fingerprint density at radius 3 is 2.26 bits per heavy atom. The Balaban J connectivity index is 1.28. The van der Waals surface area contributed by atoms with Crippen molar-refractivity contribution in [1.82, 2.24) is 4.57 Å². The summed E-state index contributed by atoms with van der Waals surface area (Å²) in [5.41, 5.74) is 9.47. The molecule has 0 bridgehead atoms. The van der Waals surface area contributed by atoms with Crippen LogP contribution in [0.2, 0.25) is 0 Å². The molecular weight excluding hydrogens is 656 g/mol. The number of hydrogen-bond donors (Lipinski definition) is 0. The van der Waals surface area contributed by atoms with Crippen LogP contribution in [0.1, 0.15) is 13.3 Å². The van der Waals surface area contributed by atoms with Crippen LogP contribution in [0.3, 0.4) is 0 Å². The average molecular weight is 688 g/mol. The Labute approximate surface area is 286 Å². The van der Waals surface area contributed by atoms with E-state index in [1.807, 2.05) is 11.3 Å². The van der Waals surface area contributed by atoms with Crippen LogP contribution >= 0.6 is 27.3 Å². The van der Waals surface area contributed by atoms with Crippen molar-refractivity contribution in [2.45, 2.75) is 13.3 Å². The van der Waals surface area contributed by atoms with Crippen molar-refractivity contribution in [2.24, 2.45) is 5.92 Å². The fourth-order valence-electron chi connectivity index (χ4n) is 7.08. The van der Waals surface area contributed by atoms with Gasteiger partial charge in [0.1, 0.15) is 0 Å². The number of allylic oxidation sites excluding steroid dienone is 3. The molecule has 47 heavy (non-hydrogen) atoms. The maximum Gasteiger partial charge on any atom is 0.0562 e. The van der Waals surface area contributed by atoms with Crippen molar-refractivity contribution in [1.29, 1.82) is 0 Å². The summed E-state index contributed by atoms with van der Waals surface area (Å²) in [6, 6.07) is 48.6. The van der Waals surface area contributed by atoms with E-state index in [0.717, 1.165) is 22.3 Å². The summed E-state index contributed by atoms with van der Waals surface area (Å²) < 4.78 is 6.22. The van der Waals surface area contributed by atoms with E-state index in [0.29, 0.717) is 5.92 Å². The van der Waals surface area contributed by atoms with Crippen molar-refractivity contribution in [3.63, 3.8) is 0 Å². The van der Waals surface area contributed by atoms with Gasteiger partial charge in [-0.1, -0.05) is 114 Å². The lowest BCUT2D eigenvalue weighted by molar-refractivity contribution is 0.728. The van der Waals surface area contributed by atoms with E-state index >= 15 is 0 Å². The number of aromatic nitrogens is 1. The van der Waals surface area contributed by atoms with Gasteiger partial charge in [0.2, 0.25) is 0 Å². The third-order valence-electron chi connectivity index (χ3n) is 9.39. The largest absolute Gasteiger partial charge is 0.311 e. The summed E-state index contributed by atoms with van der Waals surface area (Å²) in [6.07, 6.45) is 8.01. The van der Waals surface area contributed by atoms with Gasteiger partial charge in [-0.25, -0.2) is 0 Å². The number of para-hydroxylation sites is 1. The molecular formula is C43H31BrN2S. The van der Waals surface area contributed by atoms with E-state index in [4.69, 9.17) is 0 Å². The molecule has 2 aromatic heterocycles. The van der Waals surface area contributed by atoms with Crippen molar-refractivity contribution < 1.29 is 0 Å². The minimum Gasteiger partial charge on any atom is -0.311 e. The number of benzene rings is 6. The van der Waals surface area contributed by atoms with Gasteiger partial charge in [-0.15, -0.1) is 11.3 Å². The Bertz CT molecular complexity index is 2520. The fourth-order valence-corrected chi connectivity index (χ4v) is 8.85. The van der Waals surface area contributed by atoms with Gasteiger partial charge in [-0.2, -0.15) is 0 Å². The van der Waals surface area contributed by atoms with E-state index in [-0.39, 0.29) is 0 Å². The number of hydrogen-bond acceptors (Lipinski definition) is 2. The Kier molecular flexibility index (Phi) is 6.88. The molecule has 1 atom stereocenters. The van der Waals surface area contributed by atoms with Crippen molar-refractivity contribution >= 4 is 80.6 Å². The third kappa shape index (κ3) is 4.74. The molecule has 2 heterocycles. The van der Waals surface area contributed by atoms with Gasteiger partial charge in [-0.3, -0.25) is 0 Å². The number of halogens is 1. The van der Waals surface area contributed by atoms with Crippen molar-refractivity contribution in [3.8, 4) is 16.8 Å². The third-order valence-corrected chi connectivity index (χ3v) is 11.3. The maximum absolute atomic E-state index is 3.74. The van der Waals surface area contributed by atoms with Gasteiger partial charge in [0, 0.05) is 58.2 Å². The highest BCUT2D eigenvalue weighted by molar-refractivity contribution is 9.10. The minimum atomic E-state index is 0.533. The SMILES string of the molecule is CC1C=CC(N(c2ccc(-c3ccccc3Br)cc2)c2ccc3c4c5sc6ccccc6c5ccc4n(-c4ccccc4)c3c2)=CC1. The summed E-state index contributed by atoms with van der Waals surface area (Å²) in [7, 11) is 0. The molecule has 6 aromatic carbocycles. The lowest BCUT2D eigenvalue weighted by atomic mass is 10.00. The zero-order valence-corrected chi connectivity index (χ0v) is 28.3. The molecule has 0 N–H and O–H groups in total. The first-order chi connectivity index (χ1) is 23.1. The molecule has 0 radical (unpaired) electrons. The lowest BCUT2D eigenvalue weighted by Crippen LogP contribution is -2.17. The van der Waals surface area contributed by atoms with E-state index < -0.39 is 0 Å². The molecule has 226 valence electrons. The predicted octanol–water partition coefficient (Wildman–Crippen LogP) is 13.2. The van der Waals surface area contributed by atoms with Gasteiger partial charge in [0.15, 0.2) is 0 Å². The van der Waals surface area contributed by atoms with Gasteiger partial charge < -0.3 is 9.47 Å². The van der Waals surface area contributed by atoms with E-state index in [2.05, 4.69) is 184 Å². The van der Waals surface area contributed by atoms with Crippen LogP contribution in [-0.4, -0.2) is 4.57 Å². The quantitative estimate of drug-likeness (QED) is 0.175. The Hall–Kier alpha value is -4.90. The number of anilines is 2. The van der Waals surface area contributed by atoms with Gasteiger partial charge in [0.05, 0.1) is 11.0 Å². The first-order valence-electron chi connectivity index (χ1n) is 16.1. The standard InChI is InChI=1S/C43H31BrN2S/c1-28-15-19-31(20-16-28)45(32-21-17-29(18-22-32)34-11-5-7-13-38(34)44)33-23-24-37-40(27-33)46(30-9-3-2-4-10-30)39-26-25-36-35-12-6-8-14-41(35)47-43(36)42(37)39/h2-15,17-28H,16H2,1H3. The van der Waals surface area contributed by atoms with E-state index in [1.54, 1.807) is 0 Å². The summed E-state index contributed by atoms with van der Waals surface area (Å²) in [4.78, 5) is 2.41. The number of nitrogens with zero attached hydrogens (tertiary/aromatic N) is 2. The van der Waals surface area contributed by atoms with Crippen LogP contribution < -0.4 is 4.90 Å². The number of thiophene rings is 1. The maximum atomic E-state index is 3.74. The summed E-state index contributed by atoms with van der Waals surface area (Å²) >= 11 is 5.64. The average Bonchev–Trinajstić information content (AvgIpc) is 3.66. The number of fused-ring (bicyclic) bond motifs is 7. The van der Waals surface area contributed by atoms with Crippen LogP contribution in [-0.2, 0) is 0 Å². The summed E-state index contributed by atoms with van der Waals surface area (Å²) in [5.74, 6) is 0.533. The fraction of sp³-hybridized carbons (Fsp3) is 0.0698. The Morgan fingerprint density at radius 1 is 0.702 bits per heavy atom. The molecule has 0 amide bonds. The van der Waals surface area contributed by atoms with Crippen LogP contribution in [0.4, 0.5) is 11.4 Å². The summed E-state index contributed by atoms with van der Waals surface area (Å²) in [5, 5.41) is 5.25. The molecule has 0 aliphatic heterocycles. The molecule has 0 fully saturated rings. The monoisotopic (exact) mass is 686 g/mol. The minimum absolute atomic E-state index is 0.533. The van der Waals surface area contributed by atoms with Crippen LogP contribution in [0, 0.1) is 5.92 Å². The van der Waals surface area contributed by atoms with Crippen LogP contribution in [0.5, 0.6) is 0 Å². The highest BCUT2D eigenvalue weighted by Crippen LogP contribution is 2.45. The smallest absolute Gasteiger partial charge is 0.0562 e. The Morgan fingerprint density at radius 2 is 1.45 bits per heavy atom. The first kappa shape index (κ1) is 28.3. The topological polar surface area (TPSA) is 8.17 Å². The normalized spacial score (nSPS) is 14.8. The predicted molar refractivity (Wildman–Crippen MR) is 206 cm³/mol. The molecule has 0 spiro atoms. The van der Waals surface area contributed by atoms with E-state index in [9.17, 15) is 0 Å². The molecule has 1 unspecified atom stereocenters. The molecule has 0 saturated heterocycles. The van der Waals surface area contributed by atoms with Gasteiger partial charge in [-0.05, 0) is 84.1 Å². The molecule has 0 saturated carbocycles. The van der Waals surface area contributed by atoms with Gasteiger partial charge in [0.25, 0.3) is 0 Å². The molecule has 9 rings (SSSR count). The molecule has 2 nitrogen and oxygen atoms in total. The van der Waals surface area contributed by atoms with Gasteiger partial charge >= 0.3 is 0 Å². The van der Waals surface area contributed by atoms with Crippen molar-refractivity contribution in [3.05, 3.63) is 162 Å². The molecule has 1 aliphatic carbocycles. The molecule has 1 aliphatic rings. The highest BCUT2D eigenvalue weighted by Gasteiger charge is 2.21. The number of rotatable bonds is 5. The van der Waals surface area contributed by atoms with E-state index in [1.165, 1.54) is 64.5 Å². The molecule has 4 heteroatoms. The highest BCUT2D eigenvalue weighted by atomic mass is 79.9. The van der Waals surface area contributed by atoms with Crippen molar-refractivity contribution in [2.75, 3.05) is 4.90 Å². The summed E-state index contributed by atoms with van der Waals surface area (Å²) in [6.45, 7) is 2.28. The lowest BCUT2D eigenvalue weighted by Gasteiger charge is -2.29. The van der Waals surface area contributed by atoms with Crippen LogP contribution in [0.15, 0.2) is 162 Å². The zero-order valence-electron chi connectivity index (χ0n) is 25.9. The second kappa shape index (κ2) is 11.4. The molecule has 8 aromatic rings. The second-order valence-corrected chi connectivity index (χ2v) is 14.3. The second-order valence-electron chi connectivity index (χ2n) is 12.4.